The van der Waals surface area contributed by atoms with Crippen LogP contribution in [0.25, 0.3) is 6.08 Å². The minimum Gasteiger partial charge on any atom is -0.496 e. The van der Waals surface area contributed by atoms with E-state index in [1.165, 1.54) is 5.56 Å². The van der Waals surface area contributed by atoms with Crippen LogP contribution in [-0.2, 0) is 16.0 Å². The van der Waals surface area contributed by atoms with Crippen molar-refractivity contribution in [2.75, 3.05) is 25.5 Å². The molecule has 2 aliphatic heterocycles. The van der Waals surface area contributed by atoms with Crippen LogP contribution in [0.4, 0.5) is 5.82 Å². The van der Waals surface area contributed by atoms with Crippen LogP contribution < -0.4 is 10.1 Å². The third-order valence-corrected chi connectivity index (χ3v) is 5.90. The van der Waals surface area contributed by atoms with Crippen molar-refractivity contribution in [1.82, 2.24) is 9.88 Å². The Morgan fingerprint density at radius 1 is 1.23 bits per heavy atom. The first-order valence-corrected chi connectivity index (χ1v) is 10.5. The van der Waals surface area contributed by atoms with E-state index in [1.807, 2.05) is 35.2 Å². The maximum atomic E-state index is 12.8. The molecule has 0 bridgehead atoms. The van der Waals surface area contributed by atoms with E-state index in [0.29, 0.717) is 24.6 Å². The molecule has 1 fully saturated rings. The summed E-state index contributed by atoms with van der Waals surface area (Å²) in [4.78, 5) is 30.5. The van der Waals surface area contributed by atoms with E-state index in [-0.39, 0.29) is 11.8 Å². The van der Waals surface area contributed by atoms with Gasteiger partial charge in [-0.2, -0.15) is 0 Å². The Hall–Kier alpha value is -3.15. The van der Waals surface area contributed by atoms with Gasteiger partial charge in [-0.3, -0.25) is 9.59 Å². The van der Waals surface area contributed by atoms with Gasteiger partial charge in [0.2, 0.25) is 11.8 Å². The zero-order valence-electron chi connectivity index (χ0n) is 17.3. The Bertz CT molecular complexity index is 970. The number of hydrogen-bond acceptors (Lipinski definition) is 4. The van der Waals surface area contributed by atoms with Crippen LogP contribution in [0.2, 0.25) is 0 Å². The molecule has 0 saturated carbocycles. The second-order valence-electron chi connectivity index (χ2n) is 7.85. The van der Waals surface area contributed by atoms with Crippen LogP contribution in [0.3, 0.4) is 0 Å². The minimum atomic E-state index is 0.000982. The summed E-state index contributed by atoms with van der Waals surface area (Å²) in [5, 5.41) is 2.78. The molecule has 2 aliphatic rings. The van der Waals surface area contributed by atoms with E-state index >= 15 is 0 Å². The summed E-state index contributed by atoms with van der Waals surface area (Å²) < 4.78 is 5.53. The first-order chi connectivity index (χ1) is 14.6. The molecule has 2 aromatic rings. The number of aromatic nitrogens is 1. The molecular weight excluding hydrogens is 378 g/mol. The van der Waals surface area contributed by atoms with E-state index in [2.05, 4.69) is 16.4 Å². The fraction of sp³-hybridized carbons (Fsp3) is 0.375. The van der Waals surface area contributed by atoms with E-state index in [0.717, 1.165) is 49.2 Å². The highest BCUT2D eigenvalue weighted by atomic mass is 16.5. The summed E-state index contributed by atoms with van der Waals surface area (Å²) in [5.41, 5.74) is 3.12. The highest BCUT2D eigenvalue weighted by Crippen LogP contribution is 2.34. The minimum absolute atomic E-state index is 0.000982. The number of aryl methyl sites for hydroxylation is 1. The average molecular weight is 405 g/mol. The standard InChI is InChI=1S/C24H27N3O3/c1-30-21-7-3-2-6-20(21)18-5-4-13-27(14-12-18)23(29)11-8-17-15-19-9-10-22(28)26-24(19)25-16-17/h2-3,6-8,11,15-16,18H,4-5,9-10,12-14H2,1H3,(H,25,26,28)/b11-8+. The summed E-state index contributed by atoms with van der Waals surface area (Å²) in [6.45, 7) is 1.50. The molecule has 3 heterocycles. The van der Waals surface area contributed by atoms with Gasteiger partial charge >= 0.3 is 0 Å². The Morgan fingerprint density at radius 2 is 2.10 bits per heavy atom. The normalized spacial score (nSPS) is 19.2. The number of methoxy groups -OCH3 is 1. The number of hydrogen-bond donors (Lipinski definition) is 1. The van der Waals surface area contributed by atoms with Gasteiger partial charge in [0.1, 0.15) is 11.6 Å². The lowest BCUT2D eigenvalue weighted by molar-refractivity contribution is -0.126. The van der Waals surface area contributed by atoms with Crippen LogP contribution in [0.15, 0.2) is 42.6 Å². The molecule has 156 valence electrons. The van der Waals surface area contributed by atoms with Gasteiger partial charge in [0.25, 0.3) is 0 Å². The van der Waals surface area contributed by atoms with Gasteiger partial charge in [-0.05, 0) is 66.5 Å². The first-order valence-electron chi connectivity index (χ1n) is 10.5. The monoisotopic (exact) mass is 405 g/mol. The van der Waals surface area contributed by atoms with E-state index in [9.17, 15) is 9.59 Å². The van der Waals surface area contributed by atoms with Crippen molar-refractivity contribution in [2.24, 2.45) is 0 Å². The van der Waals surface area contributed by atoms with Crippen LogP contribution in [0, 0.1) is 0 Å². The lowest BCUT2D eigenvalue weighted by Gasteiger charge is -2.20. The van der Waals surface area contributed by atoms with Crippen molar-refractivity contribution in [3.63, 3.8) is 0 Å². The predicted molar refractivity (Wildman–Crippen MR) is 116 cm³/mol. The smallest absolute Gasteiger partial charge is 0.246 e. The van der Waals surface area contributed by atoms with Gasteiger partial charge < -0.3 is 15.0 Å². The number of pyridine rings is 1. The number of amides is 2. The van der Waals surface area contributed by atoms with Crippen LogP contribution in [-0.4, -0.2) is 41.9 Å². The number of ether oxygens (including phenoxy) is 1. The zero-order valence-corrected chi connectivity index (χ0v) is 17.3. The topological polar surface area (TPSA) is 71.5 Å². The van der Waals surface area contributed by atoms with Gasteiger partial charge in [0.15, 0.2) is 0 Å². The van der Waals surface area contributed by atoms with Gasteiger partial charge in [-0.1, -0.05) is 18.2 Å². The number of likely N-dealkylation sites (tertiary alicyclic amines) is 1. The van der Waals surface area contributed by atoms with Crippen molar-refractivity contribution < 1.29 is 14.3 Å². The van der Waals surface area contributed by atoms with E-state index in [4.69, 9.17) is 4.74 Å². The predicted octanol–water partition coefficient (Wildman–Crippen LogP) is 3.78. The number of para-hydroxylation sites is 1. The number of nitrogens with zero attached hydrogens (tertiary/aromatic N) is 2. The molecule has 30 heavy (non-hydrogen) atoms. The summed E-state index contributed by atoms with van der Waals surface area (Å²) >= 11 is 0. The molecule has 4 rings (SSSR count). The van der Waals surface area contributed by atoms with Crippen molar-refractivity contribution >= 4 is 23.7 Å². The van der Waals surface area contributed by atoms with Gasteiger partial charge in [0.05, 0.1) is 7.11 Å². The second-order valence-corrected chi connectivity index (χ2v) is 7.85. The van der Waals surface area contributed by atoms with Crippen molar-refractivity contribution in [3.8, 4) is 5.75 Å². The van der Waals surface area contributed by atoms with Crippen LogP contribution >= 0.6 is 0 Å². The number of rotatable bonds is 4. The van der Waals surface area contributed by atoms with Crippen molar-refractivity contribution in [3.05, 3.63) is 59.3 Å². The molecule has 1 N–H and O–H groups in total. The largest absolute Gasteiger partial charge is 0.496 e. The third kappa shape index (κ3) is 4.53. The fourth-order valence-corrected chi connectivity index (χ4v) is 4.27. The van der Waals surface area contributed by atoms with Gasteiger partial charge in [-0.15, -0.1) is 0 Å². The number of carbonyl (C=O) groups is 2. The number of anilines is 1. The van der Waals surface area contributed by atoms with Crippen molar-refractivity contribution in [2.45, 2.75) is 38.0 Å². The van der Waals surface area contributed by atoms with Crippen LogP contribution in [0.1, 0.15) is 48.3 Å². The second kappa shape index (κ2) is 9.11. The molecule has 1 aromatic heterocycles. The molecule has 0 spiro atoms. The molecule has 1 saturated heterocycles. The number of carbonyl (C=O) groups excluding carboxylic acids is 2. The molecular formula is C24H27N3O3. The molecule has 0 radical (unpaired) electrons. The average Bonchev–Trinajstić information content (AvgIpc) is 3.03. The number of nitrogens with one attached hydrogen (secondary N) is 1. The van der Waals surface area contributed by atoms with E-state index in [1.54, 1.807) is 19.4 Å². The molecule has 1 unspecified atom stereocenters. The molecule has 6 nitrogen and oxygen atoms in total. The molecule has 1 atom stereocenters. The Kier molecular flexibility index (Phi) is 6.12. The third-order valence-electron chi connectivity index (χ3n) is 5.90. The molecule has 1 aromatic carbocycles. The summed E-state index contributed by atoms with van der Waals surface area (Å²) in [6, 6.07) is 10.2. The zero-order chi connectivity index (χ0) is 20.9. The molecule has 0 aliphatic carbocycles. The van der Waals surface area contributed by atoms with Crippen molar-refractivity contribution in [1.29, 1.82) is 0 Å². The summed E-state index contributed by atoms with van der Waals surface area (Å²) in [5.74, 6) is 1.99. The fourth-order valence-electron chi connectivity index (χ4n) is 4.27. The lowest BCUT2D eigenvalue weighted by Crippen LogP contribution is -2.30. The van der Waals surface area contributed by atoms with Gasteiger partial charge in [-0.25, -0.2) is 4.98 Å². The maximum absolute atomic E-state index is 12.8. The van der Waals surface area contributed by atoms with Crippen LogP contribution in [0.5, 0.6) is 5.75 Å². The van der Waals surface area contributed by atoms with Gasteiger partial charge in [0, 0.05) is 31.8 Å². The number of benzene rings is 1. The highest BCUT2D eigenvalue weighted by Gasteiger charge is 2.22. The first kappa shape index (κ1) is 20.1. The Labute approximate surface area is 176 Å². The molecule has 6 heteroatoms. The number of fused-ring (bicyclic) bond motifs is 1. The molecule has 2 amide bonds. The quantitative estimate of drug-likeness (QED) is 0.786. The highest BCUT2D eigenvalue weighted by molar-refractivity contribution is 5.93. The maximum Gasteiger partial charge on any atom is 0.246 e. The Morgan fingerprint density at radius 3 is 2.97 bits per heavy atom. The van der Waals surface area contributed by atoms with E-state index < -0.39 is 0 Å². The summed E-state index contributed by atoms with van der Waals surface area (Å²) in [7, 11) is 1.71. The summed E-state index contributed by atoms with van der Waals surface area (Å²) in [6.07, 6.45) is 9.25. The SMILES string of the molecule is COc1ccccc1C1CCCN(C(=O)/C=C/c2cnc3c(c2)CCC(=O)N3)CC1. The lowest BCUT2D eigenvalue weighted by atomic mass is 9.91. The Balaban J connectivity index is 1.39.